The molecule has 0 radical (unpaired) electrons. The molecule has 0 aliphatic rings. The van der Waals surface area contributed by atoms with Crippen LogP contribution in [0, 0.1) is 0 Å². The molecule has 0 atom stereocenters. The van der Waals surface area contributed by atoms with Gasteiger partial charge in [-0.1, -0.05) is 33.8 Å². The second-order valence-corrected chi connectivity index (χ2v) is 3.21. The van der Waals surface area contributed by atoms with E-state index >= 15 is 0 Å². The lowest BCUT2D eigenvalue weighted by Gasteiger charge is -2.07. The van der Waals surface area contributed by atoms with Gasteiger partial charge in [-0.25, -0.2) is 0 Å². The molecule has 0 aliphatic carbocycles. The van der Waals surface area contributed by atoms with E-state index in [1.165, 1.54) is 0 Å². The van der Waals surface area contributed by atoms with Gasteiger partial charge in [0.2, 0.25) is 0 Å². The molecule has 80 valence electrons. The molecule has 0 aromatic carbocycles. The Labute approximate surface area is 86.6 Å². The third-order valence-electron chi connectivity index (χ3n) is 2.01. The van der Waals surface area contributed by atoms with Gasteiger partial charge in [0.25, 0.3) is 5.56 Å². The van der Waals surface area contributed by atoms with E-state index in [-0.39, 0.29) is 5.56 Å². The van der Waals surface area contributed by atoms with Gasteiger partial charge in [-0.05, 0) is 18.9 Å². The van der Waals surface area contributed by atoms with Crippen molar-refractivity contribution in [3.8, 4) is 0 Å². The Morgan fingerprint density at radius 2 is 1.93 bits per heavy atom. The van der Waals surface area contributed by atoms with Crippen LogP contribution < -0.4 is 5.56 Å². The molecule has 0 spiro atoms. The summed E-state index contributed by atoms with van der Waals surface area (Å²) in [5.74, 6) is 0.316. The highest BCUT2D eigenvalue weighted by Crippen LogP contribution is 2.07. The van der Waals surface area contributed by atoms with Gasteiger partial charge in [0.05, 0.1) is 0 Å². The third kappa shape index (κ3) is 3.02. The van der Waals surface area contributed by atoms with Crippen LogP contribution in [0.2, 0.25) is 0 Å². The zero-order valence-electron chi connectivity index (χ0n) is 9.87. The molecule has 0 N–H and O–H groups in total. The van der Waals surface area contributed by atoms with Crippen LogP contribution in [0.4, 0.5) is 0 Å². The van der Waals surface area contributed by atoms with Crippen LogP contribution in [-0.2, 0) is 6.54 Å². The highest BCUT2D eigenvalue weighted by molar-refractivity contribution is 5.14. The summed E-state index contributed by atoms with van der Waals surface area (Å²) < 4.78 is 1.73. The molecule has 14 heavy (non-hydrogen) atoms. The zero-order valence-corrected chi connectivity index (χ0v) is 9.87. The average Bonchev–Trinajstić information content (AvgIpc) is 2.21. The zero-order chi connectivity index (χ0) is 11.1. The minimum atomic E-state index is 0.148. The summed E-state index contributed by atoms with van der Waals surface area (Å²) in [5.41, 5.74) is 1.05. The first kappa shape index (κ1) is 12.9. The normalized spacial score (nSPS) is 9.57. The monoisotopic (exact) mass is 195 g/mol. The van der Waals surface area contributed by atoms with Gasteiger partial charge in [0.1, 0.15) is 0 Å². The van der Waals surface area contributed by atoms with Gasteiger partial charge in [0, 0.05) is 18.3 Å². The van der Waals surface area contributed by atoms with E-state index in [0.717, 1.165) is 12.1 Å². The quantitative estimate of drug-likeness (QED) is 0.711. The van der Waals surface area contributed by atoms with Crippen LogP contribution in [0.15, 0.2) is 23.1 Å². The number of aryl methyl sites for hydroxylation is 1. The predicted molar refractivity (Wildman–Crippen MR) is 61.8 cm³/mol. The second-order valence-electron chi connectivity index (χ2n) is 3.21. The van der Waals surface area contributed by atoms with Crippen LogP contribution in [0.3, 0.4) is 0 Å². The van der Waals surface area contributed by atoms with Crippen LogP contribution in [0.25, 0.3) is 0 Å². The van der Waals surface area contributed by atoms with E-state index in [2.05, 4.69) is 0 Å². The van der Waals surface area contributed by atoms with E-state index in [0.29, 0.717) is 5.92 Å². The van der Waals surface area contributed by atoms with Crippen molar-refractivity contribution in [3.63, 3.8) is 0 Å². The Bertz CT molecular complexity index is 312. The molecule has 2 heteroatoms. The average molecular weight is 195 g/mol. The molecule has 1 rings (SSSR count). The van der Waals surface area contributed by atoms with E-state index in [1.807, 2.05) is 52.9 Å². The van der Waals surface area contributed by atoms with E-state index in [1.54, 1.807) is 4.57 Å². The standard InChI is InChI=1S/C10H15NO.C2H6/c1-4-11-7-5-6-9(8(2)3)10(11)12;1-2/h5-8H,4H2,1-3H3;1-2H3. The van der Waals surface area contributed by atoms with Gasteiger partial charge < -0.3 is 4.57 Å². The maximum absolute atomic E-state index is 11.6. The Hall–Kier alpha value is -1.05. The van der Waals surface area contributed by atoms with Crippen molar-refractivity contribution >= 4 is 0 Å². The summed E-state index contributed by atoms with van der Waals surface area (Å²) in [6.07, 6.45) is 1.83. The van der Waals surface area contributed by atoms with Crippen molar-refractivity contribution < 1.29 is 0 Å². The maximum Gasteiger partial charge on any atom is 0.253 e. The molecular formula is C12H21NO. The molecule has 1 aromatic rings. The van der Waals surface area contributed by atoms with E-state index in [9.17, 15) is 4.79 Å². The maximum atomic E-state index is 11.6. The largest absolute Gasteiger partial charge is 0.316 e. The van der Waals surface area contributed by atoms with Crippen molar-refractivity contribution in [2.24, 2.45) is 0 Å². The van der Waals surface area contributed by atoms with Gasteiger partial charge in [-0.2, -0.15) is 0 Å². The van der Waals surface area contributed by atoms with Crippen molar-refractivity contribution in [1.82, 2.24) is 4.57 Å². The van der Waals surface area contributed by atoms with Crippen LogP contribution in [0.5, 0.6) is 0 Å². The molecular weight excluding hydrogens is 174 g/mol. The smallest absolute Gasteiger partial charge is 0.253 e. The Balaban J connectivity index is 0.000000791. The lowest BCUT2D eigenvalue weighted by molar-refractivity contribution is 0.700. The summed E-state index contributed by atoms with van der Waals surface area (Å²) in [7, 11) is 0. The first-order valence-electron chi connectivity index (χ1n) is 5.36. The molecule has 1 aromatic heterocycles. The summed E-state index contributed by atoms with van der Waals surface area (Å²) in [4.78, 5) is 11.6. The van der Waals surface area contributed by atoms with Crippen molar-refractivity contribution in [3.05, 3.63) is 34.2 Å². The minimum Gasteiger partial charge on any atom is -0.316 e. The number of pyridine rings is 1. The summed E-state index contributed by atoms with van der Waals surface area (Å²) in [6, 6.07) is 3.83. The Morgan fingerprint density at radius 1 is 1.36 bits per heavy atom. The SMILES string of the molecule is CC.CCn1cccc(C(C)C)c1=O. The number of hydrogen-bond acceptors (Lipinski definition) is 1. The number of hydrogen-bond donors (Lipinski definition) is 0. The molecule has 0 aliphatic heterocycles. The number of aromatic nitrogens is 1. The second kappa shape index (κ2) is 6.41. The van der Waals surface area contributed by atoms with Crippen LogP contribution in [-0.4, -0.2) is 4.57 Å². The molecule has 1 heterocycles. The van der Waals surface area contributed by atoms with Crippen LogP contribution >= 0.6 is 0 Å². The van der Waals surface area contributed by atoms with E-state index in [4.69, 9.17) is 0 Å². The van der Waals surface area contributed by atoms with Gasteiger partial charge in [-0.15, -0.1) is 0 Å². The number of rotatable bonds is 2. The molecule has 0 unspecified atom stereocenters. The van der Waals surface area contributed by atoms with Gasteiger partial charge in [-0.3, -0.25) is 4.79 Å². The first-order valence-corrected chi connectivity index (χ1v) is 5.36. The fourth-order valence-corrected chi connectivity index (χ4v) is 1.24. The van der Waals surface area contributed by atoms with Crippen molar-refractivity contribution in [2.45, 2.75) is 47.1 Å². The van der Waals surface area contributed by atoms with Crippen molar-refractivity contribution in [2.75, 3.05) is 0 Å². The van der Waals surface area contributed by atoms with E-state index < -0.39 is 0 Å². The van der Waals surface area contributed by atoms with Crippen LogP contribution in [0.1, 0.15) is 46.1 Å². The van der Waals surface area contributed by atoms with Gasteiger partial charge >= 0.3 is 0 Å². The summed E-state index contributed by atoms with van der Waals surface area (Å²) in [6.45, 7) is 10.8. The lowest BCUT2D eigenvalue weighted by Crippen LogP contribution is -2.22. The van der Waals surface area contributed by atoms with Crippen molar-refractivity contribution in [1.29, 1.82) is 0 Å². The third-order valence-corrected chi connectivity index (χ3v) is 2.01. The predicted octanol–water partition coefficient (Wildman–Crippen LogP) is 3.02. The molecule has 0 saturated heterocycles. The number of nitrogens with zero attached hydrogens (tertiary/aromatic N) is 1. The molecule has 2 nitrogen and oxygen atoms in total. The fraction of sp³-hybridized carbons (Fsp3) is 0.583. The molecule has 0 bridgehead atoms. The lowest BCUT2D eigenvalue weighted by atomic mass is 10.1. The molecule has 0 fully saturated rings. The highest BCUT2D eigenvalue weighted by atomic mass is 16.1. The minimum absolute atomic E-state index is 0.148. The summed E-state index contributed by atoms with van der Waals surface area (Å²) in [5, 5.41) is 0. The molecule has 0 saturated carbocycles. The van der Waals surface area contributed by atoms with Gasteiger partial charge in [0.15, 0.2) is 0 Å². The fourth-order valence-electron chi connectivity index (χ4n) is 1.24. The Kier molecular flexibility index (Phi) is 5.93. The molecule has 0 amide bonds. The highest BCUT2D eigenvalue weighted by Gasteiger charge is 2.04. The first-order chi connectivity index (χ1) is 6.66. The summed E-state index contributed by atoms with van der Waals surface area (Å²) >= 11 is 0. The topological polar surface area (TPSA) is 22.0 Å². The Morgan fingerprint density at radius 3 is 2.36 bits per heavy atom.